The van der Waals surface area contributed by atoms with E-state index in [0.717, 1.165) is 27.1 Å². The minimum atomic E-state index is -0.256. The van der Waals surface area contributed by atoms with Crippen LogP contribution < -0.4 is 0 Å². The van der Waals surface area contributed by atoms with Crippen LogP contribution in [0.5, 0.6) is 0 Å². The van der Waals surface area contributed by atoms with Crippen molar-refractivity contribution in [2.45, 2.75) is 6.92 Å². The third-order valence-corrected chi connectivity index (χ3v) is 3.71. The molecule has 0 saturated heterocycles. The van der Waals surface area contributed by atoms with Crippen LogP contribution in [-0.2, 0) is 0 Å². The summed E-state index contributed by atoms with van der Waals surface area (Å²) in [4.78, 5) is 0. The Morgan fingerprint density at radius 1 is 0.900 bits per heavy atom. The summed E-state index contributed by atoms with van der Waals surface area (Å²) in [6, 6.07) is 11.9. The fourth-order valence-electron chi connectivity index (χ4n) is 2.78. The highest BCUT2D eigenvalue weighted by Crippen LogP contribution is 2.33. The Balaban J connectivity index is 2.61. The monoisotopic (exact) mass is 262 g/mol. The summed E-state index contributed by atoms with van der Waals surface area (Å²) in [6.45, 7) is 9.62. The Kier molecular flexibility index (Phi) is 2.90. The second-order valence-electron chi connectivity index (χ2n) is 4.98. The first-order valence-corrected chi connectivity index (χ1v) is 6.56. The van der Waals surface area contributed by atoms with E-state index < -0.39 is 0 Å². The van der Waals surface area contributed by atoms with Crippen molar-refractivity contribution in [2.75, 3.05) is 0 Å². The van der Waals surface area contributed by atoms with Crippen molar-refractivity contribution in [1.82, 2.24) is 0 Å². The van der Waals surface area contributed by atoms with Crippen molar-refractivity contribution < 1.29 is 4.39 Å². The first-order chi connectivity index (χ1) is 9.65. The van der Waals surface area contributed by atoms with Crippen molar-refractivity contribution in [2.24, 2.45) is 0 Å². The summed E-state index contributed by atoms with van der Waals surface area (Å²) >= 11 is 0. The molecule has 1 heteroatoms. The molecule has 0 aromatic heterocycles. The fourth-order valence-corrected chi connectivity index (χ4v) is 2.78. The fraction of sp³-hybridized carbons (Fsp3) is 0.0526. The van der Waals surface area contributed by atoms with Gasteiger partial charge in [0.1, 0.15) is 5.82 Å². The molecule has 0 aliphatic heterocycles. The highest BCUT2D eigenvalue weighted by Gasteiger charge is 2.11. The van der Waals surface area contributed by atoms with Gasteiger partial charge in [-0.3, -0.25) is 0 Å². The van der Waals surface area contributed by atoms with Gasteiger partial charge in [-0.05, 0) is 40.1 Å². The Labute approximate surface area is 117 Å². The first kappa shape index (κ1) is 12.6. The molecule has 0 N–H and O–H groups in total. The molecule has 3 aromatic carbocycles. The van der Waals surface area contributed by atoms with Gasteiger partial charge in [-0.15, -0.1) is 0 Å². The van der Waals surface area contributed by atoms with Gasteiger partial charge in [-0.1, -0.05) is 61.2 Å². The second-order valence-corrected chi connectivity index (χ2v) is 4.98. The lowest BCUT2D eigenvalue weighted by molar-refractivity contribution is 0.627. The van der Waals surface area contributed by atoms with Gasteiger partial charge in [0.2, 0.25) is 0 Å². The van der Waals surface area contributed by atoms with Crippen LogP contribution in [0.15, 0.2) is 49.6 Å². The number of aryl methyl sites for hydroxylation is 1. The van der Waals surface area contributed by atoms with Crippen LogP contribution in [0.2, 0.25) is 0 Å². The molecule has 0 unspecified atom stereocenters. The predicted molar refractivity (Wildman–Crippen MR) is 86.3 cm³/mol. The van der Waals surface area contributed by atoms with E-state index in [1.165, 1.54) is 5.56 Å². The molecule has 3 aromatic rings. The lowest BCUT2D eigenvalue weighted by Gasteiger charge is -2.12. The van der Waals surface area contributed by atoms with Crippen LogP contribution >= 0.6 is 0 Å². The van der Waals surface area contributed by atoms with Crippen LogP contribution in [0, 0.1) is 12.7 Å². The van der Waals surface area contributed by atoms with Crippen LogP contribution in [-0.4, -0.2) is 0 Å². The molecule has 0 nitrogen and oxygen atoms in total. The number of benzene rings is 3. The van der Waals surface area contributed by atoms with Gasteiger partial charge in [0.05, 0.1) is 0 Å². The molecule has 3 rings (SSSR count). The van der Waals surface area contributed by atoms with Crippen molar-refractivity contribution in [3.8, 4) is 0 Å². The molecule has 0 spiro atoms. The molecule has 0 aliphatic rings. The maximum Gasteiger partial charge on any atom is 0.131 e. The van der Waals surface area contributed by atoms with Gasteiger partial charge in [0, 0.05) is 5.56 Å². The zero-order chi connectivity index (χ0) is 14.3. The lowest BCUT2D eigenvalue weighted by atomic mass is 9.93. The first-order valence-electron chi connectivity index (χ1n) is 6.56. The summed E-state index contributed by atoms with van der Waals surface area (Å²) in [7, 11) is 0. The maximum absolute atomic E-state index is 14.1. The minimum absolute atomic E-state index is 0.256. The number of halogens is 1. The Bertz CT molecular complexity index is 857. The minimum Gasteiger partial charge on any atom is -0.206 e. The smallest absolute Gasteiger partial charge is 0.131 e. The number of hydrogen-bond donors (Lipinski definition) is 0. The van der Waals surface area contributed by atoms with E-state index in [-0.39, 0.29) is 5.82 Å². The van der Waals surface area contributed by atoms with Crippen LogP contribution in [0.4, 0.5) is 4.39 Å². The van der Waals surface area contributed by atoms with Gasteiger partial charge in [-0.2, -0.15) is 0 Å². The Hall–Kier alpha value is -2.41. The number of fused-ring (bicyclic) bond motifs is 3. The Morgan fingerprint density at radius 3 is 2.30 bits per heavy atom. The van der Waals surface area contributed by atoms with Crippen LogP contribution in [0.25, 0.3) is 33.7 Å². The van der Waals surface area contributed by atoms with E-state index in [1.807, 2.05) is 12.1 Å². The average Bonchev–Trinajstić information content (AvgIpc) is 2.45. The van der Waals surface area contributed by atoms with Crippen molar-refractivity contribution >= 4 is 33.7 Å². The topological polar surface area (TPSA) is 0 Å². The normalized spacial score (nSPS) is 10.9. The molecule has 0 radical (unpaired) electrons. The third-order valence-electron chi connectivity index (χ3n) is 3.71. The Morgan fingerprint density at radius 2 is 1.60 bits per heavy atom. The molecule has 0 atom stereocenters. The van der Waals surface area contributed by atoms with Gasteiger partial charge >= 0.3 is 0 Å². The van der Waals surface area contributed by atoms with Gasteiger partial charge in [0.15, 0.2) is 0 Å². The van der Waals surface area contributed by atoms with E-state index in [4.69, 9.17) is 0 Å². The van der Waals surface area contributed by atoms with Crippen LogP contribution in [0.1, 0.15) is 16.7 Å². The van der Waals surface area contributed by atoms with Gasteiger partial charge in [0.25, 0.3) is 0 Å². The predicted octanol–water partition coefficient (Wildman–Crippen LogP) is 5.73. The zero-order valence-electron chi connectivity index (χ0n) is 11.4. The molecule has 0 aliphatic carbocycles. The standard InChI is InChI=1S/C19H15F/c1-4-15-16(5-2)19-14(11-18(15)20)8-7-13-10-12(3)6-9-17(13)19/h4-11H,1-2H2,3H3. The number of rotatable bonds is 2. The molecule has 0 saturated carbocycles. The van der Waals surface area contributed by atoms with Crippen LogP contribution in [0.3, 0.4) is 0 Å². The lowest BCUT2D eigenvalue weighted by Crippen LogP contribution is -1.91. The third kappa shape index (κ3) is 1.75. The van der Waals surface area contributed by atoms with Gasteiger partial charge < -0.3 is 0 Å². The summed E-state index contributed by atoms with van der Waals surface area (Å²) in [5, 5.41) is 4.20. The molecule has 0 heterocycles. The van der Waals surface area contributed by atoms with E-state index in [0.29, 0.717) is 5.56 Å². The highest BCUT2D eigenvalue weighted by molar-refractivity contribution is 6.12. The molecular formula is C19H15F. The highest BCUT2D eigenvalue weighted by atomic mass is 19.1. The van der Waals surface area contributed by atoms with Crippen molar-refractivity contribution in [3.05, 3.63) is 72.1 Å². The summed E-state index contributed by atoms with van der Waals surface area (Å²) < 4.78 is 14.1. The molecule has 20 heavy (non-hydrogen) atoms. The maximum atomic E-state index is 14.1. The molecule has 0 fully saturated rings. The average molecular weight is 262 g/mol. The van der Waals surface area contributed by atoms with Crippen molar-refractivity contribution in [1.29, 1.82) is 0 Å². The largest absolute Gasteiger partial charge is 0.206 e. The van der Waals surface area contributed by atoms with E-state index in [2.05, 4.69) is 38.3 Å². The summed E-state index contributed by atoms with van der Waals surface area (Å²) in [5.74, 6) is -0.256. The number of hydrogen-bond acceptors (Lipinski definition) is 0. The summed E-state index contributed by atoms with van der Waals surface area (Å²) in [6.07, 6.45) is 3.26. The molecular weight excluding hydrogens is 247 g/mol. The zero-order valence-corrected chi connectivity index (χ0v) is 11.4. The summed E-state index contributed by atoms with van der Waals surface area (Å²) in [5.41, 5.74) is 2.54. The van der Waals surface area contributed by atoms with E-state index >= 15 is 0 Å². The quantitative estimate of drug-likeness (QED) is 0.518. The molecule has 98 valence electrons. The second kappa shape index (κ2) is 4.61. The van der Waals surface area contributed by atoms with E-state index in [1.54, 1.807) is 18.2 Å². The molecule has 0 bridgehead atoms. The molecule has 0 amide bonds. The SMILES string of the molecule is C=Cc1c(F)cc2ccc3cc(C)ccc3c2c1C=C. The van der Waals surface area contributed by atoms with Gasteiger partial charge in [-0.25, -0.2) is 4.39 Å². The van der Waals surface area contributed by atoms with E-state index in [9.17, 15) is 4.39 Å². The van der Waals surface area contributed by atoms with Crippen molar-refractivity contribution in [3.63, 3.8) is 0 Å².